The van der Waals surface area contributed by atoms with Crippen LogP contribution in [0.2, 0.25) is 0 Å². The zero-order valence-electron chi connectivity index (χ0n) is 8.22. The van der Waals surface area contributed by atoms with E-state index in [9.17, 15) is 0 Å². The van der Waals surface area contributed by atoms with Gasteiger partial charge in [-0.15, -0.1) is 0 Å². The molecule has 0 bridgehead atoms. The van der Waals surface area contributed by atoms with Gasteiger partial charge in [0.1, 0.15) is 0 Å². The standard InChI is InChI=1S/C10H20P.ClH/c1-5-9-11(7-3,8-4)10-6-2;/h5-6H,1-2,7-10H2,3-4H3;1H/q+1;/p-1. The van der Waals surface area contributed by atoms with E-state index in [0.29, 0.717) is 0 Å². The molecule has 0 aliphatic heterocycles. The van der Waals surface area contributed by atoms with Crippen LogP contribution in [0.1, 0.15) is 13.8 Å². The van der Waals surface area contributed by atoms with Gasteiger partial charge in [-0.1, -0.05) is 25.3 Å². The highest BCUT2D eigenvalue weighted by Crippen LogP contribution is 2.57. The van der Waals surface area contributed by atoms with Crippen LogP contribution in [-0.2, 0) is 0 Å². The molecular weight excluding hydrogens is 187 g/mol. The summed E-state index contributed by atoms with van der Waals surface area (Å²) in [5.41, 5.74) is 0. The summed E-state index contributed by atoms with van der Waals surface area (Å²) in [4.78, 5) is 0. The smallest absolute Gasteiger partial charge is 0.0773 e. The van der Waals surface area contributed by atoms with E-state index in [-0.39, 0.29) is 12.4 Å². The number of hydrogen-bond donors (Lipinski definition) is 0. The summed E-state index contributed by atoms with van der Waals surface area (Å²) >= 11 is 0. The highest BCUT2D eigenvalue weighted by Gasteiger charge is 2.29. The van der Waals surface area contributed by atoms with Gasteiger partial charge in [0.2, 0.25) is 0 Å². The van der Waals surface area contributed by atoms with Crippen molar-refractivity contribution in [2.75, 3.05) is 24.6 Å². The Morgan fingerprint density at radius 3 is 1.50 bits per heavy atom. The van der Waals surface area contributed by atoms with Gasteiger partial charge < -0.3 is 12.4 Å². The molecule has 12 heavy (non-hydrogen) atoms. The minimum Gasteiger partial charge on any atom is -1.00 e. The lowest BCUT2D eigenvalue weighted by Gasteiger charge is -2.21. The quantitative estimate of drug-likeness (QED) is 0.437. The zero-order chi connectivity index (χ0) is 8.74. The molecule has 0 aromatic carbocycles. The van der Waals surface area contributed by atoms with E-state index < -0.39 is 7.26 Å². The summed E-state index contributed by atoms with van der Waals surface area (Å²) in [7, 11) is -0.694. The Balaban J connectivity index is 0. The van der Waals surface area contributed by atoms with Gasteiger partial charge in [-0.3, -0.25) is 0 Å². The first-order chi connectivity index (χ1) is 5.24. The maximum Gasteiger partial charge on any atom is 0.0773 e. The van der Waals surface area contributed by atoms with Crippen molar-refractivity contribution in [2.24, 2.45) is 0 Å². The summed E-state index contributed by atoms with van der Waals surface area (Å²) < 4.78 is 0. The van der Waals surface area contributed by atoms with Crippen LogP contribution in [-0.4, -0.2) is 24.6 Å². The van der Waals surface area contributed by atoms with Crippen molar-refractivity contribution >= 4 is 7.26 Å². The first-order valence-corrected chi connectivity index (χ1v) is 6.84. The third-order valence-electron chi connectivity index (χ3n) is 2.37. The summed E-state index contributed by atoms with van der Waals surface area (Å²) in [6, 6.07) is 0. The lowest BCUT2D eigenvalue weighted by Crippen LogP contribution is -3.00. The monoisotopic (exact) mass is 206 g/mol. The topological polar surface area (TPSA) is 0 Å². The molecule has 0 radical (unpaired) electrons. The van der Waals surface area contributed by atoms with Crippen LogP contribution < -0.4 is 12.4 Å². The largest absolute Gasteiger partial charge is 1.00 e. The van der Waals surface area contributed by atoms with Gasteiger partial charge in [0, 0.05) is 7.26 Å². The third kappa shape index (κ3) is 4.28. The molecular formula is C10H20ClP. The van der Waals surface area contributed by atoms with E-state index in [0.717, 1.165) is 0 Å². The summed E-state index contributed by atoms with van der Waals surface area (Å²) in [6.45, 7) is 12.2. The molecule has 0 heterocycles. The molecule has 0 saturated heterocycles. The molecule has 0 unspecified atom stereocenters. The molecule has 0 N–H and O–H groups in total. The first kappa shape index (κ1) is 14.7. The fourth-order valence-electron chi connectivity index (χ4n) is 1.36. The van der Waals surface area contributed by atoms with Crippen molar-refractivity contribution < 1.29 is 12.4 Å². The van der Waals surface area contributed by atoms with E-state index in [4.69, 9.17) is 0 Å². The lowest BCUT2D eigenvalue weighted by atomic mass is 10.7. The Bertz CT molecular complexity index is 116. The minimum atomic E-state index is -0.694. The molecule has 0 aliphatic carbocycles. The van der Waals surface area contributed by atoms with Crippen molar-refractivity contribution in [3.05, 3.63) is 25.3 Å². The Labute approximate surface area is 83.9 Å². The summed E-state index contributed by atoms with van der Waals surface area (Å²) in [5.74, 6) is 0. The molecule has 0 amide bonds. The Morgan fingerprint density at radius 1 is 1.00 bits per heavy atom. The molecule has 0 atom stereocenters. The second-order valence-electron chi connectivity index (χ2n) is 2.92. The normalized spacial score (nSPS) is 10.2. The number of halogens is 1. The van der Waals surface area contributed by atoms with E-state index in [2.05, 4.69) is 39.2 Å². The summed E-state index contributed by atoms with van der Waals surface area (Å²) in [6.07, 6.45) is 9.27. The molecule has 0 saturated carbocycles. The highest BCUT2D eigenvalue weighted by molar-refractivity contribution is 7.76. The van der Waals surface area contributed by atoms with E-state index in [1.54, 1.807) is 0 Å². The first-order valence-electron chi connectivity index (χ1n) is 4.31. The van der Waals surface area contributed by atoms with Crippen molar-refractivity contribution in [1.29, 1.82) is 0 Å². The molecule has 0 aromatic rings. The maximum atomic E-state index is 3.82. The molecule has 2 heteroatoms. The average molecular weight is 207 g/mol. The maximum absolute atomic E-state index is 3.82. The van der Waals surface area contributed by atoms with Gasteiger partial charge in [-0.2, -0.15) is 0 Å². The van der Waals surface area contributed by atoms with Gasteiger partial charge >= 0.3 is 0 Å². The molecule has 72 valence electrons. The molecule has 0 aromatic heterocycles. The number of rotatable bonds is 6. The van der Waals surface area contributed by atoms with E-state index in [1.165, 1.54) is 24.6 Å². The fourth-order valence-corrected chi connectivity index (χ4v) is 4.09. The van der Waals surface area contributed by atoms with Crippen molar-refractivity contribution in [1.82, 2.24) is 0 Å². The molecule has 0 rings (SSSR count). The fraction of sp³-hybridized carbons (Fsp3) is 0.600. The SMILES string of the molecule is C=CC[P+](CC)(CC)CC=C.[Cl-]. The number of allylic oxidation sites excluding steroid dienone is 2. The van der Waals surface area contributed by atoms with Gasteiger partial charge in [0.25, 0.3) is 0 Å². The van der Waals surface area contributed by atoms with E-state index in [1.807, 2.05) is 0 Å². The predicted octanol–water partition coefficient (Wildman–Crippen LogP) is 0.420. The van der Waals surface area contributed by atoms with Crippen molar-refractivity contribution in [3.8, 4) is 0 Å². The van der Waals surface area contributed by atoms with Crippen LogP contribution in [0.25, 0.3) is 0 Å². The Hall–Kier alpha value is 0.200. The third-order valence-corrected chi connectivity index (χ3v) is 7.12. The predicted molar refractivity (Wildman–Crippen MR) is 58.1 cm³/mol. The molecule has 0 nitrogen and oxygen atoms in total. The van der Waals surface area contributed by atoms with Crippen LogP contribution in [0.15, 0.2) is 25.3 Å². The second-order valence-corrected chi connectivity index (χ2v) is 7.60. The van der Waals surface area contributed by atoms with Crippen molar-refractivity contribution in [3.63, 3.8) is 0 Å². The van der Waals surface area contributed by atoms with Gasteiger partial charge in [-0.05, 0) is 13.8 Å². The highest BCUT2D eigenvalue weighted by atomic mass is 35.5. The second kappa shape index (κ2) is 7.83. The van der Waals surface area contributed by atoms with Gasteiger partial charge in [0.15, 0.2) is 0 Å². The number of hydrogen-bond acceptors (Lipinski definition) is 0. The minimum absolute atomic E-state index is 0. The van der Waals surface area contributed by atoms with E-state index >= 15 is 0 Å². The Kier molecular flexibility index (Phi) is 9.60. The lowest BCUT2D eigenvalue weighted by molar-refractivity contribution is -0.00000253. The van der Waals surface area contributed by atoms with Crippen LogP contribution in [0.3, 0.4) is 0 Å². The van der Waals surface area contributed by atoms with Gasteiger partial charge in [-0.25, -0.2) is 0 Å². The molecule has 0 spiro atoms. The van der Waals surface area contributed by atoms with Crippen LogP contribution in [0.4, 0.5) is 0 Å². The van der Waals surface area contributed by atoms with Crippen molar-refractivity contribution in [2.45, 2.75) is 13.8 Å². The average Bonchev–Trinajstić information content (AvgIpc) is 2.04. The van der Waals surface area contributed by atoms with Crippen LogP contribution >= 0.6 is 7.26 Å². The van der Waals surface area contributed by atoms with Crippen LogP contribution in [0.5, 0.6) is 0 Å². The summed E-state index contributed by atoms with van der Waals surface area (Å²) in [5, 5.41) is 0. The Morgan fingerprint density at radius 2 is 1.33 bits per heavy atom. The molecule has 0 aliphatic rings. The van der Waals surface area contributed by atoms with Gasteiger partial charge in [0.05, 0.1) is 24.6 Å². The molecule has 0 fully saturated rings. The van der Waals surface area contributed by atoms with Crippen LogP contribution in [0, 0.1) is 0 Å². The zero-order valence-corrected chi connectivity index (χ0v) is 9.87.